The molecule has 6 nitrogen and oxygen atoms in total. The molecule has 32 heavy (non-hydrogen) atoms. The molecule has 3 rings (SSSR count). The molecule has 0 spiro atoms. The highest BCUT2D eigenvalue weighted by Gasteiger charge is 2.35. The summed E-state index contributed by atoms with van der Waals surface area (Å²) >= 11 is 0. The summed E-state index contributed by atoms with van der Waals surface area (Å²) in [5.41, 5.74) is 4.03. The molecule has 0 radical (unpaired) electrons. The maximum atomic E-state index is 13.2. The topological polar surface area (TPSA) is 72.9 Å². The van der Waals surface area contributed by atoms with E-state index in [1.54, 1.807) is 4.90 Å². The Morgan fingerprint density at radius 2 is 1.72 bits per heavy atom. The zero-order chi connectivity index (χ0) is 23.3. The van der Waals surface area contributed by atoms with Gasteiger partial charge in [-0.15, -0.1) is 0 Å². The average Bonchev–Trinajstić information content (AvgIpc) is 3.09. The largest absolute Gasteiger partial charge is 0.494 e. The number of carbonyl (C=O) groups excluding carboxylic acids is 1. The Labute approximate surface area is 191 Å². The first-order valence-corrected chi connectivity index (χ1v) is 12.9. The van der Waals surface area contributed by atoms with Crippen molar-refractivity contribution in [2.75, 3.05) is 24.7 Å². The fourth-order valence-electron chi connectivity index (χ4n) is 4.16. The Bertz CT molecular complexity index is 1020. The van der Waals surface area contributed by atoms with Gasteiger partial charge in [-0.2, -0.15) is 0 Å². The molecule has 1 aliphatic heterocycles. The van der Waals surface area contributed by atoms with E-state index in [0.29, 0.717) is 25.3 Å². The van der Waals surface area contributed by atoms with Crippen molar-refractivity contribution in [1.82, 2.24) is 4.90 Å². The zero-order valence-electron chi connectivity index (χ0n) is 19.4. The van der Waals surface area contributed by atoms with Gasteiger partial charge in [0, 0.05) is 12.6 Å². The Morgan fingerprint density at radius 3 is 2.28 bits per heavy atom. The van der Waals surface area contributed by atoms with Crippen molar-refractivity contribution in [3.05, 3.63) is 58.7 Å². The molecule has 1 atom stereocenters. The standard InChI is InChI=1S/C25H33NO5S/c1-5-11-30-23-8-6-21(7-9-23)15-26(22-10-12-32(28,29)17-22)24(27)16-31-25-19(3)13-18(2)14-20(25)4/h6-9,13-14,22H,5,10-12,15-17H2,1-4H3. The third-order valence-corrected chi connectivity index (χ3v) is 7.41. The minimum atomic E-state index is -3.12. The maximum Gasteiger partial charge on any atom is 0.261 e. The van der Waals surface area contributed by atoms with Crippen molar-refractivity contribution in [3.8, 4) is 11.5 Å². The number of benzene rings is 2. The number of ether oxygens (including phenoxy) is 2. The van der Waals surface area contributed by atoms with Crippen LogP contribution >= 0.6 is 0 Å². The summed E-state index contributed by atoms with van der Waals surface area (Å²) in [7, 11) is -3.12. The number of hydrogen-bond donors (Lipinski definition) is 0. The van der Waals surface area contributed by atoms with Crippen LogP contribution in [0.15, 0.2) is 36.4 Å². The molecule has 0 saturated carbocycles. The Morgan fingerprint density at radius 1 is 1.06 bits per heavy atom. The first-order chi connectivity index (χ1) is 15.2. The number of rotatable bonds is 9. The van der Waals surface area contributed by atoms with Gasteiger partial charge < -0.3 is 14.4 Å². The summed E-state index contributed by atoms with van der Waals surface area (Å²) in [6.45, 7) is 8.86. The van der Waals surface area contributed by atoms with E-state index < -0.39 is 9.84 Å². The van der Waals surface area contributed by atoms with E-state index in [1.807, 2.05) is 57.2 Å². The second-order valence-electron chi connectivity index (χ2n) is 8.59. The molecule has 1 saturated heterocycles. The van der Waals surface area contributed by atoms with Gasteiger partial charge in [0.15, 0.2) is 16.4 Å². The molecule has 0 aliphatic carbocycles. The van der Waals surface area contributed by atoms with Crippen LogP contribution in [-0.4, -0.2) is 50.0 Å². The summed E-state index contributed by atoms with van der Waals surface area (Å²) in [6, 6.07) is 11.3. The highest BCUT2D eigenvalue weighted by Crippen LogP contribution is 2.26. The van der Waals surface area contributed by atoms with E-state index in [2.05, 4.69) is 6.92 Å². The van der Waals surface area contributed by atoms with E-state index >= 15 is 0 Å². The van der Waals surface area contributed by atoms with Gasteiger partial charge in [0.25, 0.3) is 5.91 Å². The van der Waals surface area contributed by atoms with Crippen LogP contribution in [-0.2, 0) is 21.2 Å². The molecule has 1 aliphatic rings. The molecule has 1 fully saturated rings. The summed E-state index contributed by atoms with van der Waals surface area (Å²) in [6.07, 6.45) is 1.38. The fourth-order valence-corrected chi connectivity index (χ4v) is 5.89. The molecule has 1 unspecified atom stereocenters. The van der Waals surface area contributed by atoms with Crippen LogP contribution in [0.25, 0.3) is 0 Å². The molecule has 0 aromatic heterocycles. The number of aryl methyl sites for hydroxylation is 3. The van der Waals surface area contributed by atoms with E-state index in [-0.39, 0.29) is 30.1 Å². The smallest absolute Gasteiger partial charge is 0.261 e. The van der Waals surface area contributed by atoms with Gasteiger partial charge in [-0.25, -0.2) is 8.42 Å². The van der Waals surface area contributed by atoms with Gasteiger partial charge in [-0.3, -0.25) is 4.79 Å². The lowest BCUT2D eigenvalue weighted by molar-refractivity contribution is -0.136. The highest BCUT2D eigenvalue weighted by atomic mass is 32.2. The van der Waals surface area contributed by atoms with Gasteiger partial charge in [0.1, 0.15) is 11.5 Å². The summed E-state index contributed by atoms with van der Waals surface area (Å²) in [5.74, 6) is 1.39. The van der Waals surface area contributed by atoms with E-state index in [9.17, 15) is 13.2 Å². The lowest BCUT2D eigenvalue weighted by Crippen LogP contribution is -2.43. The van der Waals surface area contributed by atoms with E-state index in [4.69, 9.17) is 9.47 Å². The molecule has 2 aromatic rings. The molecular weight excluding hydrogens is 426 g/mol. The Balaban J connectivity index is 1.74. The van der Waals surface area contributed by atoms with Crippen LogP contribution in [0.4, 0.5) is 0 Å². The quantitative estimate of drug-likeness (QED) is 0.567. The second-order valence-corrected chi connectivity index (χ2v) is 10.8. The van der Waals surface area contributed by atoms with Crippen LogP contribution in [0.1, 0.15) is 42.0 Å². The third kappa shape index (κ3) is 6.25. The van der Waals surface area contributed by atoms with Crippen LogP contribution < -0.4 is 9.47 Å². The SMILES string of the molecule is CCCOc1ccc(CN(C(=O)COc2c(C)cc(C)cc2C)C2CCS(=O)(=O)C2)cc1. The molecule has 1 amide bonds. The first-order valence-electron chi connectivity index (χ1n) is 11.1. The monoisotopic (exact) mass is 459 g/mol. The number of amides is 1. The third-order valence-electron chi connectivity index (χ3n) is 5.66. The minimum absolute atomic E-state index is 0.000970. The van der Waals surface area contributed by atoms with E-state index in [0.717, 1.165) is 34.4 Å². The van der Waals surface area contributed by atoms with Crippen LogP contribution in [0.2, 0.25) is 0 Å². The zero-order valence-corrected chi connectivity index (χ0v) is 20.2. The fraction of sp³-hybridized carbons (Fsp3) is 0.480. The summed E-state index contributed by atoms with van der Waals surface area (Å²) in [5, 5.41) is 0. The lowest BCUT2D eigenvalue weighted by Gasteiger charge is -2.29. The van der Waals surface area contributed by atoms with Crippen LogP contribution in [0.3, 0.4) is 0 Å². The van der Waals surface area contributed by atoms with Crippen molar-refractivity contribution in [1.29, 1.82) is 0 Å². The number of sulfone groups is 1. The van der Waals surface area contributed by atoms with Crippen molar-refractivity contribution in [2.24, 2.45) is 0 Å². The van der Waals surface area contributed by atoms with Gasteiger partial charge >= 0.3 is 0 Å². The van der Waals surface area contributed by atoms with E-state index in [1.165, 1.54) is 0 Å². The van der Waals surface area contributed by atoms with Gasteiger partial charge in [0.05, 0.1) is 18.1 Å². The minimum Gasteiger partial charge on any atom is -0.494 e. The van der Waals surface area contributed by atoms with Crippen molar-refractivity contribution < 1.29 is 22.7 Å². The Kier molecular flexibility index (Phi) is 7.82. The van der Waals surface area contributed by atoms with Crippen molar-refractivity contribution >= 4 is 15.7 Å². The number of hydrogen-bond acceptors (Lipinski definition) is 5. The average molecular weight is 460 g/mol. The normalized spacial score (nSPS) is 17.2. The molecule has 7 heteroatoms. The predicted molar refractivity (Wildman–Crippen MR) is 126 cm³/mol. The molecule has 2 aromatic carbocycles. The van der Waals surface area contributed by atoms with Crippen molar-refractivity contribution in [2.45, 2.75) is 53.1 Å². The molecular formula is C25H33NO5S. The molecule has 174 valence electrons. The molecule has 1 heterocycles. The first kappa shape index (κ1) is 24.1. The van der Waals surface area contributed by atoms with Gasteiger partial charge in [0.2, 0.25) is 0 Å². The summed E-state index contributed by atoms with van der Waals surface area (Å²) < 4.78 is 35.7. The van der Waals surface area contributed by atoms with Gasteiger partial charge in [-0.05, 0) is 62.4 Å². The van der Waals surface area contributed by atoms with Crippen molar-refractivity contribution in [3.63, 3.8) is 0 Å². The van der Waals surface area contributed by atoms with Crippen LogP contribution in [0, 0.1) is 20.8 Å². The summed E-state index contributed by atoms with van der Waals surface area (Å²) in [4.78, 5) is 14.9. The van der Waals surface area contributed by atoms with Crippen LogP contribution in [0.5, 0.6) is 11.5 Å². The number of nitrogens with zero attached hydrogens (tertiary/aromatic N) is 1. The Hall–Kier alpha value is -2.54. The lowest BCUT2D eigenvalue weighted by atomic mass is 10.1. The molecule has 0 N–H and O–H groups in total. The van der Waals surface area contributed by atoms with Gasteiger partial charge in [-0.1, -0.05) is 36.8 Å². The maximum absolute atomic E-state index is 13.2. The molecule has 0 bridgehead atoms. The predicted octanol–water partition coefficient (Wildman–Crippen LogP) is 4.00. The highest BCUT2D eigenvalue weighted by molar-refractivity contribution is 7.91. The second kappa shape index (κ2) is 10.4. The number of carbonyl (C=O) groups is 1.